The second kappa shape index (κ2) is 8.48. The zero-order valence-electron chi connectivity index (χ0n) is 10.2. The molecule has 0 radical (unpaired) electrons. The minimum atomic E-state index is -0.267. The van der Waals surface area contributed by atoms with Crippen LogP contribution >= 0.6 is 0 Å². The molecule has 0 bridgehead atoms. The van der Waals surface area contributed by atoms with Crippen LogP contribution in [0, 0.1) is 11.8 Å². The van der Waals surface area contributed by atoms with E-state index < -0.39 is 0 Å². The summed E-state index contributed by atoms with van der Waals surface area (Å²) in [6.07, 6.45) is 3.27. The van der Waals surface area contributed by atoms with Gasteiger partial charge in [-0.15, -0.1) is 0 Å². The molecule has 1 unspecified atom stereocenters. The van der Waals surface area contributed by atoms with Gasteiger partial charge in [0.05, 0.1) is 6.61 Å². The van der Waals surface area contributed by atoms with Crippen molar-refractivity contribution in [3.05, 3.63) is 12.2 Å². The van der Waals surface area contributed by atoms with Crippen molar-refractivity contribution in [1.29, 1.82) is 0 Å². The molecule has 15 heavy (non-hydrogen) atoms. The van der Waals surface area contributed by atoms with Crippen molar-refractivity contribution >= 4 is 5.97 Å². The zero-order valence-corrected chi connectivity index (χ0v) is 10.2. The van der Waals surface area contributed by atoms with Gasteiger partial charge >= 0.3 is 5.97 Å². The number of nitrogens with one attached hydrogen (secondary N) is 1. The molecular weight excluding hydrogens is 190 g/mol. The Morgan fingerprint density at radius 1 is 1.40 bits per heavy atom. The lowest BCUT2D eigenvalue weighted by molar-refractivity contribution is -0.137. The molecule has 0 spiro atoms. The van der Waals surface area contributed by atoms with Gasteiger partial charge in [-0.05, 0) is 25.3 Å². The van der Waals surface area contributed by atoms with Crippen LogP contribution in [0.3, 0.4) is 0 Å². The van der Waals surface area contributed by atoms with E-state index in [1.165, 1.54) is 6.08 Å². The van der Waals surface area contributed by atoms with Gasteiger partial charge in [-0.3, -0.25) is 0 Å². The Balaban J connectivity index is 3.49. The van der Waals surface area contributed by atoms with Crippen molar-refractivity contribution < 1.29 is 9.53 Å². The Bertz CT molecular complexity index is 200. The highest BCUT2D eigenvalue weighted by Gasteiger charge is 2.04. The number of carbonyl (C=O) groups is 1. The predicted octanol–water partition coefficient (Wildman–Crippen LogP) is 1.99. The molecule has 3 heteroatoms. The summed E-state index contributed by atoms with van der Waals surface area (Å²) in [6.45, 7) is 10.6. The third kappa shape index (κ3) is 8.18. The lowest BCUT2D eigenvalue weighted by Crippen LogP contribution is -2.24. The Kier molecular flexibility index (Phi) is 8.01. The second-order valence-corrected chi connectivity index (χ2v) is 4.03. The first kappa shape index (κ1) is 14.2. The molecule has 0 aromatic rings. The average Bonchev–Trinajstić information content (AvgIpc) is 2.17. The third-order valence-corrected chi connectivity index (χ3v) is 2.41. The topological polar surface area (TPSA) is 38.3 Å². The Hall–Kier alpha value is -0.830. The molecule has 0 aromatic carbocycles. The highest BCUT2D eigenvalue weighted by Crippen LogP contribution is 2.07. The van der Waals surface area contributed by atoms with Crippen molar-refractivity contribution in [2.75, 3.05) is 19.7 Å². The minimum Gasteiger partial charge on any atom is -0.463 e. The molecule has 1 N–H and O–H groups in total. The number of rotatable bonds is 7. The molecule has 0 amide bonds. The second-order valence-electron chi connectivity index (χ2n) is 4.03. The van der Waals surface area contributed by atoms with Gasteiger partial charge in [0.2, 0.25) is 0 Å². The fourth-order valence-electron chi connectivity index (χ4n) is 0.976. The summed E-state index contributed by atoms with van der Waals surface area (Å²) >= 11 is 0. The van der Waals surface area contributed by atoms with Crippen LogP contribution in [0.25, 0.3) is 0 Å². The van der Waals surface area contributed by atoms with Gasteiger partial charge in [-0.1, -0.05) is 26.8 Å². The first-order chi connectivity index (χ1) is 7.07. The van der Waals surface area contributed by atoms with Gasteiger partial charge < -0.3 is 10.1 Å². The lowest BCUT2D eigenvalue weighted by Gasteiger charge is -2.15. The van der Waals surface area contributed by atoms with E-state index >= 15 is 0 Å². The fourth-order valence-corrected chi connectivity index (χ4v) is 0.976. The maximum absolute atomic E-state index is 10.9. The van der Waals surface area contributed by atoms with E-state index in [0.29, 0.717) is 18.4 Å². The minimum absolute atomic E-state index is 0.267. The quantitative estimate of drug-likeness (QED) is 0.399. The fraction of sp³-hybridized carbons (Fsp3) is 0.750. The van der Waals surface area contributed by atoms with Gasteiger partial charge in [0.25, 0.3) is 0 Å². The number of hydrogen-bond donors (Lipinski definition) is 1. The monoisotopic (exact) mass is 213 g/mol. The van der Waals surface area contributed by atoms with E-state index in [2.05, 4.69) is 26.1 Å². The van der Waals surface area contributed by atoms with Crippen LogP contribution in [-0.4, -0.2) is 25.7 Å². The molecule has 0 aliphatic heterocycles. The molecule has 0 saturated carbocycles. The first-order valence-corrected chi connectivity index (χ1v) is 5.62. The summed E-state index contributed by atoms with van der Waals surface area (Å²) in [4.78, 5) is 10.9. The highest BCUT2D eigenvalue weighted by atomic mass is 16.5. The smallest absolute Gasteiger partial charge is 0.330 e. The lowest BCUT2D eigenvalue weighted by atomic mass is 9.98. The third-order valence-electron chi connectivity index (χ3n) is 2.41. The maximum atomic E-state index is 10.9. The van der Waals surface area contributed by atoms with E-state index in [0.717, 1.165) is 13.1 Å². The van der Waals surface area contributed by atoms with Crippen LogP contribution in [0.2, 0.25) is 0 Å². The van der Waals surface area contributed by atoms with Crippen molar-refractivity contribution in [1.82, 2.24) is 5.32 Å². The van der Waals surface area contributed by atoms with Crippen LogP contribution in [-0.2, 0) is 9.53 Å². The maximum Gasteiger partial charge on any atom is 0.330 e. The Morgan fingerprint density at radius 3 is 2.60 bits per heavy atom. The van der Waals surface area contributed by atoms with Gasteiger partial charge in [0.15, 0.2) is 0 Å². The van der Waals surface area contributed by atoms with E-state index in [4.69, 9.17) is 4.74 Å². The van der Waals surface area contributed by atoms with Crippen LogP contribution in [0.15, 0.2) is 12.2 Å². The van der Waals surface area contributed by atoms with Crippen molar-refractivity contribution in [2.24, 2.45) is 11.8 Å². The summed E-state index contributed by atoms with van der Waals surface area (Å²) in [5.74, 6) is 1.07. The summed E-state index contributed by atoms with van der Waals surface area (Å²) in [7, 11) is 0. The van der Waals surface area contributed by atoms with Gasteiger partial charge in [0.1, 0.15) is 0 Å². The first-order valence-electron chi connectivity index (χ1n) is 5.62. The van der Waals surface area contributed by atoms with Crippen LogP contribution < -0.4 is 5.32 Å². The Morgan fingerprint density at radius 2 is 2.07 bits per heavy atom. The van der Waals surface area contributed by atoms with Crippen LogP contribution in [0.1, 0.15) is 27.7 Å². The molecule has 1 atom stereocenters. The molecule has 0 saturated heterocycles. The van der Waals surface area contributed by atoms with E-state index in [-0.39, 0.29) is 5.97 Å². The molecule has 0 aliphatic rings. The van der Waals surface area contributed by atoms with Crippen molar-refractivity contribution in [3.63, 3.8) is 0 Å². The van der Waals surface area contributed by atoms with Crippen molar-refractivity contribution in [3.8, 4) is 0 Å². The zero-order chi connectivity index (χ0) is 11.7. The predicted molar refractivity (Wildman–Crippen MR) is 62.6 cm³/mol. The van der Waals surface area contributed by atoms with E-state index in [1.54, 1.807) is 13.0 Å². The molecule has 0 rings (SSSR count). The molecule has 0 aromatic heterocycles. The van der Waals surface area contributed by atoms with Crippen LogP contribution in [0.4, 0.5) is 0 Å². The number of hydrogen-bond acceptors (Lipinski definition) is 3. The summed E-state index contributed by atoms with van der Waals surface area (Å²) in [6, 6.07) is 0. The standard InChI is InChI=1S/C12H23NO2/c1-5-15-12(14)7-6-8-13-9-11(4)10(2)3/h6-7,10-11,13H,5,8-9H2,1-4H3/b7-6+. The number of ether oxygens (including phenoxy) is 1. The van der Waals surface area contributed by atoms with Crippen LogP contribution in [0.5, 0.6) is 0 Å². The van der Waals surface area contributed by atoms with E-state index in [9.17, 15) is 4.79 Å². The molecule has 0 fully saturated rings. The van der Waals surface area contributed by atoms with Gasteiger partial charge in [0, 0.05) is 12.6 Å². The SMILES string of the molecule is CCOC(=O)/C=C/CNCC(C)C(C)C. The summed E-state index contributed by atoms with van der Waals surface area (Å²) in [5, 5.41) is 3.27. The molecule has 88 valence electrons. The normalized spacial score (nSPS) is 13.4. The number of esters is 1. The summed E-state index contributed by atoms with van der Waals surface area (Å²) in [5.41, 5.74) is 0. The van der Waals surface area contributed by atoms with Gasteiger partial charge in [-0.25, -0.2) is 4.79 Å². The Labute approximate surface area is 92.9 Å². The highest BCUT2D eigenvalue weighted by molar-refractivity contribution is 5.81. The molecule has 0 heterocycles. The van der Waals surface area contributed by atoms with E-state index in [1.807, 2.05) is 0 Å². The average molecular weight is 213 g/mol. The van der Waals surface area contributed by atoms with Crippen molar-refractivity contribution in [2.45, 2.75) is 27.7 Å². The summed E-state index contributed by atoms with van der Waals surface area (Å²) < 4.78 is 4.75. The largest absolute Gasteiger partial charge is 0.463 e. The molecular formula is C12H23NO2. The molecule has 0 aliphatic carbocycles. The van der Waals surface area contributed by atoms with Gasteiger partial charge in [-0.2, -0.15) is 0 Å². The molecule has 3 nitrogen and oxygen atoms in total. The number of carbonyl (C=O) groups excluding carboxylic acids is 1.